The summed E-state index contributed by atoms with van der Waals surface area (Å²) >= 11 is 3.40. The molecule has 108 valence electrons. The molecule has 0 N–H and O–H groups in total. The van der Waals surface area contributed by atoms with E-state index >= 15 is 0 Å². The molecule has 1 heterocycles. The van der Waals surface area contributed by atoms with Gasteiger partial charge in [0.05, 0.1) is 22.3 Å². The summed E-state index contributed by atoms with van der Waals surface area (Å²) in [6.45, 7) is 7.28. The normalized spacial score (nSPS) is 12.7. The highest BCUT2D eigenvalue weighted by molar-refractivity contribution is 9.10. The average Bonchev–Trinajstić information content (AvgIpc) is 2.55. The Morgan fingerprint density at radius 2 is 1.95 bits per heavy atom. The summed E-state index contributed by atoms with van der Waals surface area (Å²) in [6, 6.07) is 0. The van der Waals surface area contributed by atoms with E-state index in [9.17, 15) is 13.2 Å². The number of halogens is 1. The second kappa shape index (κ2) is 5.36. The lowest BCUT2D eigenvalue weighted by Crippen LogP contribution is -2.41. The molecule has 0 bridgehead atoms. The Labute approximate surface area is 122 Å². The fourth-order valence-corrected chi connectivity index (χ4v) is 2.52. The number of nitrogens with zero attached hydrogens (tertiary/aromatic N) is 2. The molecule has 0 aliphatic heterocycles. The molecular formula is C12H19BrN2O3S. The zero-order chi connectivity index (χ0) is 15.0. The molecule has 0 fully saturated rings. The lowest BCUT2D eigenvalue weighted by atomic mass is 10.0. The lowest BCUT2D eigenvalue weighted by molar-refractivity contribution is -0.120. The predicted molar refractivity (Wildman–Crippen MR) is 78.0 cm³/mol. The van der Waals surface area contributed by atoms with Gasteiger partial charge in [-0.3, -0.25) is 9.48 Å². The molecule has 1 aromatic rings. The highest BCUT2D eigenvalue weighted by atomic mass is 79.9. The minimum Gasteiger partial charge on any atom is -0.298 e. The quantitative estimate of drug-likeness (QED) is 0.813. The van der Waals surface area contributed by atoms with Crippen molar-refractivity contribution in [3.05, 3.63) is 15.9 Å². The first-order chi connectivity index (χ1) is 8.52. The summed E-state index contributed by atoms with van der Waals surface area (Å²) in [4.78, 5) is 12.3. The Morgan fingerprint density at radius 1 is 1.42 bits per heavy atom. The maximum absolute atomic E-state index is 12.3. The molecule has 5 nitrogen and oxygen atoms in total. The van der Waals surface area contributed by atoms with E-state index in [1.807, 2.05) is 13.8 Å². The van der Waals surface area contributed by atoms with Crippen LogP contribution < -0.4 is 0 Å². The Balaban J connectivity index is 3.14. The molecule has 0 saturated heterocycles. The van der Waals surface area contributed by atoms with E-state index < -0.39 is 14.6 Å². The number of hydrogen-bond donors (Lipinski definition) is 0. The smallest absolute Gasteiger partial charge is 0.159 e. The van der Waals surface area contributed by atoms with Crippen LogP contribution in [0.5, 0.6) is 0 Å². The van der Waals surface area contributed by atoms with Crippen LogP contribution in [0, 0.1) is 6.92 Å². The number of hydrogen-bond acceptors (Lipinski definition) is 4. The van der Waals surface area contributed by atoms with Gasteiger partial charge in [-0.05, 0) is 43.6 Å². The molecule has 0 amide bonds. The highest BCUT2D eigenvalue weighted by Crippen LogP contribution is 2.25. The van der Waals surface area contributed by atoms with E-state index in [4.69, 9.17) is 0 Å². The topological polar surface area (TPSA) is 69.0 Å². The van der Waals surface area contributed by atoms with E-state index in [0.717, 1.165) is 22.1 Å². The Kier molecular flexibility index (Phi) is 4.62. The van der Waals surface area contributed by atoms with E-state index in [2.05, 4.69) is 21.0 Å². The van der Waals surface area contributed by atoms with Gasteiger partial charge in [0.25, 0.3) is 0 Å². The van der Waals surface area contributed by atoms with E-state index in [0.29, 0.717) is 6.54 Å². The average molecular weight is 351 g/mol. The van der Waals surface area contributed by atoms with Gasteiger partial charge in [0, 0.05) is 12.8 Å². The van der Waals surface area contributed by atoms with Gasteiger partial charge in [0.1, 0.15) is 4.75 Å². The second-order valence-electron chi connectivity index (χ2n) is 5.04. The maximum Gasteiger partial charge on any atom is 0.159 e. The van der Waals surface area contributed by atoms with Gasteiger partial charge in [-0.25, -0.2) is 8.42 Å². The van der Waals surface area contributed by atoms with Crippen molar-refractivity contribution in [2.24, 2.45) is 0 Å². The highest BCUT2D eigenvalue weighted by Gasteiger charge is 2.38. The van der Waals surface area contributed by atoms with Gasteiger partial charge < -0.3 is 0 Å². The van der Waals surface area contributed by atoms with Crippen molar-refractivity contribution in [2.75, 3.05) is 6.26 Å². The summed E-state index contributed by atoms with van der Waals surface area (Å²) in [5.41, 5.74) is 1.52. The van der Waals surface area contributed by atoms with E-state index in [-0.39, 0.29) is 12.2 Å². The Morgan fingerprint density at radius 3 is 2.37 bits per heavy atom. The van der Waals surface area contributed by atoms with Crippen LogP contribution in [0.4, 0.5) is 0 Å². The number of ketones is 1. The Hall–Kier alpha value is -0.690. The summed E-state index contributed by atoms with van der Waals surface area (Å²) in [6.07, 6.45) is 1.14. The molecule has 19 heavy (non-hydrogen) atoms. The molecule has 0 aliphatic carbocycles. The van der Waals surface area contributed by atoms with E-state index in [1.54, 1.807) is 4.68 Å². The number of sulfone groups is 1. The molecule has 0 spiro atoms. The lowest BCUT2D eigenvalue weighted by Gasteiger charge is -2.21. The van der Waals surface area contributed by atoms with Crippen molar-refractivity contribution >= 4 is 31.6 Å². The van der Waals surface area contributed by atoms with Crippen molar-refractivity contribution < 1.29 is 13.2 Å². The molecule has 0 atom stereocenters. The third-order valence-electron chi connectivity index (χ3n) is 3.38. The summed E-state index contributed by atoms with van der Waals surface area (Å²) in [5, 5.41) is 4.29. The molecule has 0 saturated carbocycles. The minimum atomic E-state index is -3.44. The largest absolute Gasteiger partial charge is 0.298 e. The van der Waals surface area contributed by atoms with Crippen molar-refractivity contribution in [1.82, 2.24) is 9.78 Å². The van der Waals surface area contributed by atoms with Crippen molar-refractivity contribution in [3.63, 3.8) is 0 Å². The van der Waals surface area contributed by atoms with Gasteiger partial charge in [-0.1, -0.05) is 0 Å². The van der Waals surface area contributed by atoms with Crippen molar-refractivity contribution in [3.8, 4) is 0 Å². The number of Topliss-reactive ketones (excluding diaryl/α,β-unsaturated/α-hetero) is 1. The summed E-state index contributed by atoms with van der Waals surface area (Å²) in [7, 11) is -3.44. The first-order valence-corrected chi connectivity index (χ1v) is 8.65. The van der Waals surface area contributed by atoms with Gasteiger partial charge in [-0.15, -0.1) is 0 Å². The van der Waals surface area contributed by atoms with Crippen LogP contribution in [-0.2, 0) is 27.6 Å². The predicted octanol–water partition coefficient (Wildman–Crippen LogP) is 1.91. The summed E-state index contributed by atoms with van der Waals surface area (Å²) < 4.78 is 24.5. The number of carbonyl (C=O) groups is 1. The van der Waals surface area contributed by atoms with Crippen LogP contribution in [0.25, 0.3) is 0 Å². The van der Waals surface area contributed by atoms with Gasteiger partial charge >= 0.3 is 0 Å². The van der Waals surface area contributed by atoms with Crippen LogP contribution in [0.2, 0.25) is 0 Å². The SMILES string of the molecule is CCn1nc(C)c(Br)c1CC(=O)C(C)(C)S(C)(=O)=O. The van der Waals surface area contributed by atoms with Crippen LogP contribution in [0.15, 0.2) is 4.47 Å². The summed E-state index contributed by atoms with van der Waals surface area (Å²) in [5.74, 6) is -0.328. The minimum absolute atomic E-state index is 0.0509. The fraction of sp³-hybridized carbons (Fsp3) is 0.667. The molecule has 0 radical (unpaired) electrons. The van der Waals surface area contributed by atoms with Gasteiger partial charge in [0.2, 0.25) is 0 Å². The van der Waals surface area contributed by atoms with E-state index in [1.165, 1.54) is 13.8 Å². The standard InChI is InChI=1S/C12H19BrN2O3S/c1-6-15-9(11(13)8(2)14-15)7-10(16)12(3,4)19(5,17)18/h6-7H2,1-5H3. The fourth-order valence-electron chi connectivity index (χ4n) is 1.61. The first kappa shape index (κ1) is 16.4. The van der Waals surface area contributed by atoms with Gasteiger partial charge in [-0.2, -0.15) is 5.10 Å². The molecule has 1 rings (SSSR count). The van der Waals surface area contributed by atoms with Gasteiger partial charge in [0.15, 0.2) is 15.6 Å². The number of carbonyl (C=O) groups excluding carboxylic acids is 1. The molecule has 7 heteroatoms. The number of aromatic nitrogens is 2. The van der Waals surface area contributed by atoms with Crippen molar-refractivity contribution in [2.45, 2.75) is 45.4 Å². The van der Waals surface area contributed by atoms with Crippen LogP contribution in [0.1, 0.15) is 32.2 Å². The van der Waals surface area contributed by atoms with Crippen LogP contribution in [-0.4, -0.2) is 35.0 Å². The molecule has 0 aliphatic rings. The third kappa shape index (κ3) is 3.08. The molecular weight excluding hydrogens is 332 g/mol. The third-order valence-corrected chi connectivity index (χ3v) is 6.49. The Bertz CT molecular complexity index is 603. The van der Waals surface area contributed by atoms with Crippen LogP contribution in [0.3, 0.4) is 0 Å². The van der Waals surface area contributed by atoms with Crippen LogP contribution >= 0.6 is 15.9 Å². The molecule has 0 unspecified atom stereocenters. The number of aryl methyl sites for hydroxylation is 2. The monoisotopic (exact) mass is 350 g/mol. The zero-order valence-electron chi connectivity index (χ0n) is 11.8. The molecule has 1 aromatic heterocycles. The number of rotatable bonds is 5. The second-order valence-corrected chi connectivity index (χ2v) is 8.40. The van der Waals surface area contributed by atoms with Crippen molar-refractivity contribution in [1.29, 1.82) is 0 Å². The first-order valence-electron chi connectivity index (χ1n) is 5.97. The molecule has 0 aromatic carbocycles. The zero-order valence-corrected chi connectivity index (χ0v) is 14.2. The maximum atomic E-state index is 12.3.